The summed E-state index contributed by atoms with van der Waals surface area (Å²) in [6.07, 6.45) is 0. The van der Waals surface area contributed by atoms with E-state index in [0.717, 1.165) is 16.7 Å². The largest absolute Gasteiger partial charge is 0.494 e. The minimum absolute atomic E-state index is 0.253. The van der Waals surface area contributed by atoms with Crippen molar-refractivity contribution in [2.45, 2.75) is 13.5 Å². The lowest BCUT2D eigenvalue weighted by Crippen LogP contribution is -2.22. The first-order valence-corrected chi connectivity index (χ1v) is 7.78. The van der Waals surface area contributed by atoms with Gasteiger partial charge < -0.3 is 19.2 Å². The quantitative estimate of drug-likeness (QED) is 0.749. The Labute approximate surface area is 140 Å². The Balaban J connectivity index is 1.76. The van der Waals surface area contributed by atoms with Gasteiger partial charge in [0, 0.05) is 17.5 Å². The third kappa shape index (κ3) is 3.20. The average molecular weight is 325 g/mol. The molecule has 0 radical (unpaired) electrons. The first kappa shape index (κ1) is 15.9. The van der Waals surface area contributed by atoms with Gasteiger partial charge >= 0.3 is 0 Å². The van der Waals surface area contributed by atoms with Crippen molar-refractivity contribution in [3.8, 4) is 11.5 Å². The fourth-order valence-corrected chi connectivity index (χ4v) is 2.52. The number of hydrogen-bond donors (Lipinski definition) is 1. The molecule has 0 bridgehead atoms. The van der Waals surface area contributed by atoms with Crippen molar-refractivity contribution < 1.29 is 18.7 Å². The molecule has 1 amide bonds. The van der Waals surface area contributed by atoms with Crippen molar-refractivity contribution in [3.05, 3.63) is 59.9 Å². The van der Waals surface area contributed by atoms with Gasteiger partial charge in [-0.1, -0.05) is 30.3 Å². The number of carbonyl (C=O) groups excluding carboxylic acids is 1. The van der Waals surface area contributed by atoms with Crippen LogP contribution in [0.2, 0.25) is 0 Å². The van der Waals surface area contributed by atoms with E-state index >= 15 is 0 Å². The van der Waals surface area contributed by atoms with Crippen molar-refractivity contribution in [2.75, 3.05) is 13.7 Å². The summed E-state index contributed by atoms with van der Waals surface area (Å²) in [5, 5.41) is 3.69. The summed E-state index contributed by atoms with van der Waals surface area (Å²) < 4.78 is 16.5. The van der Waals surface area contributed by atoms with Crippen molar-refractivity contribution in [3.63, 3.8) is 0 Å². The molecule has 0 saturated heterocycles. The minimum Gasteiger partial charge on any atom is -0.494 e. The van der Waals surface area contributed by atoms with E-state index in [2.05, 4.69) is 5.32 Å². The lowest BCUT2D eigenvalue weighted by molar-refractivity contribution is 0.0925. The van der Waals surface area contributed by atoms with Gasteiger partial charge in [-0.05, 0) is 25.1 Å². The molecule has 0 unspecified atom stereocenters. The number of furan rings is 1. The molecule has 0 aliphatic carbocycles. The Kier molecular flexibility index (Phi) is 4.70. The van der Waals surface area contributed by atoms with Crippen LogP contribution in [0.4, 0.5) is 0 Å². The zero-order valence-corrected chi connectivity index (χ0v) is 13.7. The van der Waals surface area contributed by atoms with Crippen LogP contribution >= 0.6 is 0 Å². The summed E-state index contributed by atoms with van der Waals surface area (Å²) in [5.41, 5.74) is 1.49. The normalized spacial score (nSPS) is 10.6. The summed E-state index contributed by atoms with van der Waals surface area (Å²) in [5.74, 6) is 1.35. The lowest BCUT2D eigenvalue weighted by Gasteiger charge is -2.10. The maximum Gasteiger partial charge on any atom is 0.287 e. The smallest absolute Gasteiger partial charge is 0.287 e. The standard InChI is InChI=1S/C19H19NO4/c1-3-23-15-9-5-4-7-14(15)12-20-19(21)17-11-13-8-6-10-16(22-2)18(13)24-17/h4-11H,3,12H2,1-2H3,(H,20,21). The van der Waals surface area contributed by atoms with Crippen molar-refractivity contribution in [2.24, 2.45) is 0 Å². The molecule has 0 aliphatic heterocycles. The van der Waals surface area contributed by atoms with Gasteiger partial charge in [-0.25, -0.2) is 0 Å². The van der Waals surface area contributed by atoms with E-state index in [1.165, 1.54) is 0 Å². The number of benzene rings is 2. The molecule has 3 aromatic rings. The maximum absolute atomic E-state index is 12.4. The molecule has 0 saturated carbocycles. The van der Waals surface area contributed by atoms with Crippen LogP contribution in [0, 0.1) is 0 Å². The van der Waals surface area contributed by atoms with Crippen LogP contribution in [0.25, 0.3) is 11.0 Å². The molecule has 1 aromatic heterocycles. The molecule has 0 spiro atoms. The molecule has 5 heteroatoms. The van der Waals surface area contributed by atoms with Crippen LogP contribution in [0.5, 0.6) is 11.5 Å². The summed E-state index contributed by atoms with van der Waals surface area (Å²) in [4.78, 5) is 12.4. The second-order valence-electron chi connectivity index (χ2n) is 5.21. The number of hydrogen-bond acceptors (Lipinski definition) is 4. The predicted molar refractivity (Wildman–Crippen MR) is 91.5 cm³/mol. The van der Waals surface area contributed by atoms with Crippen LogP contribution < -0.4 is 14.8 Å². The Hall–Kier alpha value is -2.95. The molecule has 1 N–H and O–H groups in total. The first-order valence-electron chi connectivity index (χ1n) is 7.78. The van der Waals surface area contributed by atoms with Crippen LogP contribution in [-0.2, 0) is 6.54 Å². The van der Waals surface area contributed by atoms with E-state index < -0.39 is 0 Å². The molecule has 0 fully saturated rings. The van der Waals surface area contributed by atoms with E-state index in [-0.39, 0.29) is 11.7 Å². The van der Waals surface area contributed by atoms with Crippen LogP contribution in [0.3, 0.4) is 0 Å². The van der Waals surface area contributed by atoms with Crippen LogP contribution in [0.1, 0.15) is 23.0 Å². The fraction of sp³-hybridized carbons (Fsp3) is 0.211. The number of fused-ring (bicyclic) bond motifs is 1. The van der Waals surface area contributed by atoms with Crippen LogP contribution in [-0.4, -0.2) is 19.6 Å². The van der Waals surface area contributed by atoms with Crippen molar-refractivity contribution in [1.29, 1.82) is 0 Å². The Morgan fingerprint density at radius 2 is 1.92 bits per heavy atom. The third-order valence-corrected chi connectivity index (χ3v) is 3.66. The van der Waals surface area contributed by atoms with Gasteiger partial charge in [0.05, 0.1) is 13.7 Å². The van der Waals surface area contributed by atoms with E-state index in [1.807, 2.05) is 43.3 Å². The summed E-state index contributed by atoms with van der Waals surface area (Å²) in [6, 6.07) is 14.9. The molecule has 124 valence electrons. The highest BCUT2D eigenvalue weighted by Crippen LogP contribution is 2.28. The highest BCUT2D eigenvalue weighted by Gasteiger charge is 2.15. The number of para-hydroxylation sites is 2. The molecule has 0 aliphatic rings. The van der Waals surface area contributed by atoms with Crippen LogP contribution in [0.15, 0.2) is 52.9 Å². The number of amides is 1. The van der Waals surface area contributed by atoms with Gasteiger partial charge in [-0.3, -0.25) is 4.79 Å². The zero-order chi connectivity index (χ0) is 16.9. The Morgan fingerprint density at radius 1 is 1.12 bits per heavy atom. The Bertz CT molecular complexity index is 853. The van der Waals surface area contributed by atoms with Crippen molar-refractivity contribution >= 4 is 16.9 Å². The van der Waals surface area contributed by atoms with Gasteiger partial charge in [0.1, 0.15) is 5.75 Å². The third-order valence-electron chi connectivity index (χ3n) is 3.66. The number of rotatable bonds is 6. The van der Waals surface area contributed by atoms with E-state index in [9.17, 15) is 4.79 Å². The van der Waals surface area contributed by atoms with Gasteiger partial charge in [0.25, 0.3) is 5.91 Å². The van der Waals surface area contributed by atoms with E-state index in [0.29, 0.717) is 24.5 Å². The van der Waals surface area contributed by atoms with Gasteiger partial charge in [-0.2, -0.15) is 0 Å². The average Bonchev–Trinajstić information content (AvgIpc) is 3.05. The topological polar surface area (TPSA) is 60.7 Å². The van der Waals surface area contributed by atoms with E-state index in [4.69, 9.17) is 13.9 Å². The highest BCUT2D eigenvalue weighted by molar-refractivity contribution is 5.97. The zero-order valence-electron chi connectivity index (χ0n) is 13.7. The monoisotopic (exact) mass is 325 g/mol. The van der Waals surface area contributed by atoms with Gasteiger partial charge in [-0.15, -0.1) is 0 Å². The molecule has 2 aromatic carbocycles. The number of nitrogens with one attached hydrogen (secondary N) is 1. The SMILES string of the molecule is CCOc1ccccc1CNC(=O)c1cc2cccc(OC)c2o1. The Morgan fingerprint density at radius 3 is 2.71 bits per heavy atom. The lowest BCUT2D eigenvalue weighted by atomic mass is 10.2. The second-order valence-corrected chi connectivity index (χ2v) is 5.21. The maximum atomic E-state index is 12.4. The number of ether oxygens (including phenoxy) is 2. The highest BCUT2D eigenvalue weighted by atomic mass is 16.5. The van der Waals surface area contributed by atoms with Gasteiger partial charge in [0.2, 0.25) is 0 Å². The molecule has 5 nitrogen and oxygen atoms in total. The molecule has 3 rings (SSSR count). The summed E-state index contributed by atoms with van der Waals surface area (Å²) >= 11 is 0. The van der Waals surface area contributed by atoms with E-state index in [1.54, 1.807) is 19.2 Å². The molecule has 1 heterocycles. The first-order chi connectivity index (χ1) is 11.7. The summed E-state index contributed by atoms with van der Waals surface area (Å²) in [6.45, 7) is 2.87. The second kappa shape index (κ2) is 7.08. The number of carbonyl (C=O) groups is 1. The minimum atomic E-state index is -0.278. The van der Waals surface area contributed by atoms with Gasteiger partial charge in [0.15, 0.2) is 17.1 Å². The predicted octanol–water partition coefficient (Wildman–Crippen LogP) is 3.77. The molecule has 0 atom stereocenters. The summed E-state index contributed by atoms with van der Waals surface area (Å²) in [7, 11) is 1.57. The molecular weight excluding hydrogens is 306 g/mol. The fourth-order valence-electron chi connectivity index (χ4n) is 2.52. The molecule has 24 heavy (non-hydrogen) atoms. The molecular formula is C19H19NO4. The number of methoxy groups -OCH3 is 1. The van der Waals surface area contributed by atoms with Crippen molar-refractivity contribution in [1.82, 2.24) is 5.32 Å².